The van der Waals surface area contributed by atoms with E-state index < -0.39 is 95.4 Å². The monoisotopic (exact) mass is 518 g/mol. The summed E-state index contributed by atoms with van der Waals surface area (Å²) in [7, 11) is 0. The number of amides is 2. The summed E-state index contributed by atoms with van der Waals surface area (Å²) in [5, 5.41) is 12.0. The number of aldehydes is 1. The highest BCUT2D eigenvalue weighted by atomic mass is 19.4. The van der Waals surface area contributed by atoms with Crippen molar-refractivity contribution in [2.45, 2.75) is 25.2 Å². The van der Waals surface area contributed by atoms with Gasteiger partial charge in [0.25, 0.3) is 11.7 Å². The predicted octanol–water partition coefficient (Wildman–Crippen LogP) is 0.561. The van der Waals surface area contributed by atoms with Crippen LogP contribution in [0.25, 0.3) is 0 Å². The first-order valence-electron chi connectivity index (χ1n) is 8.94. The fourth-order valence-electron chi connectivity index (χ4n) is 2.59. The predicted molar refractivity (Wildman–Crippen MR) is 94.3 cm³/mol. The largest absolute Gasteiger partial charge is 0.480 e. The molecular formula is C18H13F7N2O8. The molecule has 17 heteroatoms. The molecule has 3 N–H and O–H groups in total. The maximum absolute atomic E-state index is 13.7. The molecule has 0 radical (unpaired) electrons. The van der Waals surface area contributed by atoms with Crippen molar-refractivity contribution in [1.29, 1.82) is 0 Å². The van der Waals surface area contributed by atoms with Gasteiger partial charge >= 0.3 is 12.1 Å². The number of alkyl halides is 3. The highest BCUT2D eigenvalue weighted by molar-refractivity contribution is 6.25. The first kappa shape index (κ1) is 29.0. The van der Waals surface area contributed by atoms with Gasteiger partial charge in [0.05, 0.1) is 0 Å². The minimum absolute atomic E-state index is 0.278. The Bertz CT molecular complexity index is 1050. The van der Waals surface area contributed by atoms with Gasteiger partial charge in [0.1, 0.15) is 12.5 Å². The third kappa shape index (κ3) is 6.30. The van der Waals surface area contributed by atoms with E-state index in [1.165, 1.54) is 5.32 Å². The molecule has 1 rings (SSSR count). The van der Waals surface area contributed by atoms with Gasteiger partial charge in [0.15, 0.2) is 23.2 Å². The molecule has 1 aromatic rings. The van der Waals surface area contributed by atoms with Crippen LogP contribution in [-0.4, -0.2) is 59.2 Å². The number of carbonyl (C=O) groups excluding carboxylic acids is 5. The number of carbonyl (C=O) groups is 6. The topological polar surface area (TPSA) is 156 Å². The lowest BCUT2D eigenvalue weighted by atomic mass is 9.83. The van der Waals surface area contributed by atoms with Crippen LogP contribution in [0.4, 0.5) is 30.7 Å². The summed E-state index contributed by atoms with van der Waals surface area (Å²) in [6, 6.07) is -0.278. The van der Waals surface area contributed by atoms with Gasteiger partial charge in [-0.3, -0.25) is 24.0 Å². The van der Waals surface area contributed by atoms with Crippen molar-refractivity contribution in [2.24, 2.45) is 5.92 Å². The molecule has 0 fully saturated rings. The van der Waals surface area contributed by atoms with Crippen LogP contribution in [0.15, 0.2) is 6.07 Å². The van der Waals surface area contributed by atoms with Gasteiger partial charge in [-0.05, 0) is 0 Å². The number of benzene rings is 1. The van der Waals surface area contributed by atoms with Crippen LogP contribution in [0.1, 0.15) is 13.3 Å². The van der Waals surface area contributed by atoms with Crippen LogP contribution in [0.5, 0.6) is 5.75 Å². The molecule has 2 unspecified atom stereocenters. The molecule has 0 aliphatic carbocycles. The van der Waals surface area contributed by atoms with Crippen molar-refractivity contribution >= 4 is 35.6 Å². The molecule has 2 amide bonds. The van der Waals surface area contributed by atoms with Gasteiger partial charge in [-0.25, -0.2) is 13.6 Å². The number of halogens is 7. The number of ether oxygens (including phenoxy) is 1. The Kier molecular flexibility index (Phi) is 9.04. The van der Waals surface area contributed by atoms with Crippen LogP contribution >= 0.6 is 0 Å². The van der Waals surface area contributed by atoms with Crippen molar-refractivity contribution in [1.82, 2.24) is 10.6 Å². The molecule has 0 aliphatic rings. The molecule has 2 atom stereocenters. The summed E-state index contributed by atoms with van der Waals surface area (Å²) in [4.78, 5) is 70.5. The minimum atomic E-state index is -6.02. The summed E-state index contributed by atoms with van der Waals surface area (Å²) in [5.74, 6) is -25.8. The van der Waals surface area contributed by atoms with E-state index in [1.54, 1.807) is 0 Å². The normalized spacial score (nSPS) is 13.7. The van der Waals surface area contributed by atoms with E-state index in [0.29, 0.717) is 0 Å². The second-order valence-corrected chi connectivity index (χ2v) is 6.47. The van der Waals surface area contributed by atoms with Crippen LogP contribution in [0.2, 0.25) is 0 Å². The molecule has 0 aliphatic heterocycles. The lowest BCUT2D eigenvalue weighted by Crippen LogP contribution is -2.73. The van der Waals surface area contributed by atoms with E-state index in [4.69, 9.17) is 0 Å². The maximum atomic E-state index is 13.7. The van der Waals surface area contributed by atoms with E-state index in [9.17, 15) is 64.6 Å². The second-order valence-electron chi connectivity index (χ2n) is 6.47. The molecule has 0 bridgehead atoms. The average Bonchev–Trinajstić information content (AvgIpc) is 2.76. The third-order valence-electron chi connectivity index (χ3n) is 4.15. The Labute approximate surface area is 189 Å². The Hall–Kier alpha value is -4.05. The summed E-state index contributed by atoms with van der Waals surface area (Å²) in [6.07, 6.45) is -7.37. The smallest absolute Gasteiger partial charge is 0.450 e. The molecule has 35 heavy (non-hydrogen) atoms. The van der Waals surface area contributed by atoms with E-state index >= 15 is 0 Å². The Morgan fingerprint density at radius 1 is 1.03 bits per heavy atom. The molecule has 0 saturated carbocycles. The fourth-order valence-corrected chi connectivity index (χ4v) is 2.59. The molecule has 0 aromatic heterocycles. The van der Waals surface area contributed by atoms with Gasteiger partial charge in [0, 0.05) is 12.5 Å². The highest BCUT2D eigenvalue weighted by Gasteiger charge is 2.61. The summed E-state index contributed by atoms with van der Waals surface area (Å²) >= 11 is 0. The van der Waals surface area contributed by atoms with Crippen LogP contribution in [0.3, 0.4) is 0 Å². The SMILES string of the molecule is CCC(=O)NC(NC(=O)C=O)(C(=O)O)C(C(=O)COc1c(F)c(F)cc(F)c1F)C(=O)C(F)(F)F. The van der Waals surface area contributed by atoms with Crippen molar-refractivity contribution in [2.75, 3.05) is 6.61 Å². The van der Waals surface area contributed by atoms with E-state index in [2.05, 4.69) is 4.74 Å². The zero-order valence-electron chi connectivity index (χ0n) is 17.1. The van der Waals surface area contributed by atoms with Gasteiger partial charge in [-0.2, -0.15) is 22.0 Å². The maximum Gasteiger partial charge on any atom is 0.450 e. The van der Waals surface area contributed by atoms with E-state index in [0.717, 1.165) is 12.2 Å². The number of Topliss-reactive ketones (excluding diaryl/α,β-unsaturated/α-hetero) is 2. The lowest BCUT2D eigenvalue weighted by molar-refractivity contribution is -0.184. The Morgan fingerprint density at radius 3 is 1.94 bits per heavy atom. The highest BCUT2D eigenvalue weighted by Crippen LogP contribution is 2.30. The molecule has 10 nitrogen and oxygen atoms in total. The van der Waals surface area contributed by atoms with Crippen molar-refractivity contribution in [3.05, 3.63) is 29.3 Å². The first-order valence-corrected chi connectivity index (χ1v) is 8.94. The summed E-state index contributed by atoms with van der Waals surface area (Å²) in [6.45, 7) is -0.990. The number of nitrogens with one attached hydrogen (secondary N) is 2. The van der Waals surface area contributed by atoms with Crippen LogP contribution in [-0.2, 0) is 28.8 Å². The van der Waals surface area contributed by atoms with Crippen LogP contribution in [0, 0.1) is 29.2 Å². The van der Waals surface area contributed by atoms with Gasteiger partial charge < -0.3 is 20.5 Å². The summed E-state index contributed by atoms with van der Waals surface area (Å²) < 4.78 is 97.9. The van der Waals surface area contributed by atoms with Crippen molar-refractivity contribution in [3.63, 3.8) is 0 Å². The number of carboxylic acid groups (broad SMARTS) is 1. The Balaban J connectivity index is 3.68. The molecular weight excluding hydrogens is 505 g/mol. The number of aliphatic carboxylic acids is 1. The quantitative estimate of drug-likeness (QED) is 0.0959. The van der Waals surface area contributed by atoms with Crippen molar-refractivity contribution in [3.8, 4) is 5.75 Å². The first-order chi connectivity index (χ1) is 16.0. The molecule has 1 aromatic carbocycles. The van der Waals surface area contributed by atoms with Gasteiger partial charge in [0.2, 0.25) is 29.5 Å². The fraction of sp³-hybridized carbons (Fsp3) is 0.333. The number of ketones is 2. The number of hydrogen-bond donors (Lipinski definition) is 3. The van der Waals surface area contributed by atoms with Crippen LogP contribution < -0.4 is 15.4 Å². The zero-order valence-corrected chi connectivity index (χ0v) is 17.1. The Morgan fingerprint density at radius 2 is 1.54 bits per heavy atom. The standard InChI is InChI=1S/C18H13F7N2O8/c1-2-9(30)26-17(16(33)34,27-10(31)4-28)11(15(32)18(23,24)25)8(29)5-35-14-12(21)6(19)3-7(20)13(14)22/h3-4,11H,2,5H2,1H3,(H,26,30)(H,27,31)(H,33,34). The van der Waals surface area contributed by atoms with Gasteiger partial charge in [-0.1, -0.05) is 6.92 Å². The molecule has 0 saturated heterocycles. The minimum Gasteiger partial charge on any atom is -0.480 e. The summed E-state index contributed by atoms with van der Waals surface area (Å²) in [5.41, 5.74) is -3.96. The lowest BCUT2D eigenvalue weighted by Gasteiger charge is -2.36. The van der Waals surface area contributed by atoms with E-state index in [-0.39, 0.29) is 6.07 Å². The van der Waals surface area contributed by atoms with Crippen molar-refractivity contribution < 1.29 is 69.3 Å². The molecule has 192 valence electrons. The third-order valence-corrected chi connectivity index (χ3v) is 4.15. The molecule has 0 heterocycles. The second kappa shape index (κ2) is 10.9. The number of rotatable bonds is 11. The van der Waals surface area contributed by atoms with Gasteiger partial charge in [-0.15, -0.1) is 0 Å². The molecule has 0 spiro atoms. The van der Waals surface area contributed by atoms with E-state index in [1.807, 2.05) is 0 Å². The number of hydrogen-bond acceptors (Lipinski definition) is 7. The average molecular weight is 518 g/mol. The number of carboxylic acids is 1. The zero-order chi connectivity index (χ0) is 27.3.